The number of anilines is 1. The predicted molar refractivity (Wildman–Crippen MR) is 124 cm³/mol. The first-order valence-corrected chi connectivity index (χ1v) is 11.0. The summed E-state index contributed by atoms with van der Waals surface area (Å²) in [5.74, 6) is 0.343. The summed E-state index contributed by atoms with van der Waals surface area (Å²) in [5, 5.41) is 7.44. The van der Waals surface area contributed by atoms with E-state index in [0.717, 1.165) is 30.3 Å². The van der Waals surface area contributed by atoms with Gasteiger partial charge in [-0.05, 0) is 56.0 Å². The van der Waals surface area contributed by atoms with Crippen molar-refractivity contribution in [2.24, 2.45) is 11.7 Å². The summed E-state index contributed by atoms with van der Waals surface area (Å²) in [4.78, 5) is 17.5. The molecule has 1 aliphatic heterocycles. The summed E-state index contributed by atoms with van der Waals surface area (Å²) in [7, 11) is 0. The Morgan fingerprint density at radius 3 is 2.81 bits per heavy atom. The molecular weight excluding hydrogens is 388 g/mol. The number of nitrogens with one attached hydrogen (secondary N) is 2. The van der Waals surface area contributed by atoms with Crippen molar-refractivity contribution in [1.29, 1.82) is 0 Å². The van der Waals surface area contributed by atoms with Gasteiger partial charge in [0.05, 0.1) is 24.0 Å². The number of ether oxygens (including phenoxy) is 1. The van der Waals surface area contributed by atoms with Crippen LogP contribution in [0.25, 0.3) is 10.9 Å². The highest BCUT2D eigenvalue weighted by atomic mass is 16.5. The van der Waals surface area contributed by atoms with Crippen molar-refractivity contribution in [2.75, 3.05) is 25.0 Å². The van der Waals surface area contributed by atoms with E-state index in [1.54, 1.807) is 6.20 Å². The van der Waals surface area contributed by atoms with E-state index in [-0.39, 0.29) is 11.9 Å². The molecular formula is C25H30N4O2. The fourth-order valence-electron chi connectivity index (χ4n) is 4.04. The van der Waals surface area contributed by atoms with Crippen LogP contribution >= 0.6 is 0 Å². The molecule has 1 aliphatic rings. The van der Waals surface area contributed by atoms with Crippen molar-refractivity contribution in [2.45, 2.75) is 31.4 Å². The van der Waals surface area contributed by atoms with Crippen LogP contribution in [0.3, 0.4) is 0 Å². The van der Waals surface area contributed by atoms with E-state index in [2.05, 4.69) is 27.8 Å². The maximum absolute atomic E-state index is 13.1. The van der Waals surface area contributed by atoms with Crippen LogP contribution in [0.4, 0.5) is 5.69 Å². The van der Waals surface area contributed by atoms with E-state index in [0.29, 0.717) is 31.2 Å². The Balaban J connectivity index is 1.41. The van der Waals surface area contributed by atoms with Gasteiger partial charge in [0.2, 0.25) is 0 Å². The molecule has 0 aliphatic carbocycles. The standard InChI is InChI=1S/C25H30N4O2/c26-14-19-12-22(27-15-19)17-31-24(11-10-18-6-2-1-3-7-18)25(30)29-21-13-20-8-4-5-9-23(20)28-16-21/h1-9,13,16,19,22,24,27H,10-12,14-15,17,26H2,(H,29,30)/t19-,22-,24?/m1/s1. The Morgan fingerprint density at radius 1 is 1.19 bits per heavy atom. The van der Waals surface area contributed by atoms with Gasteiger partial charge in [0.1, 0.15) is 6.10 Å². The van der Waals surface area contributed by atoms with Crippen LogP contribution in [0.15, 0.2) is 66.9 Å². The van der Waals surface area contributed by atoms with Crippen LogP contribution in [0.5, 0.6) is 0 Å². The largest absolute Gasteiger partial charge is 0.367 e. The van der Waals surface area contributed by atoms with Gasteiger partial charge in [0.25, 0.3) is 5.91 Å². The molecule has 0 bridgehead atoms. The van der Waals surface area contributed by atoms with Crippen molar-refractivity contribution < 1.29 is 9.53 Å². The third kappa shape index (κ3) is 5.88. The zero-order valence-corrected chi connectivity index (χ0v) is 17.7. The summed E-state index contributed by atoms with van der Waals surface area (Å²) in [6, 6.07) is 20.2. The molecule has 0 saturated carbocycles. The average Bonchev–Trinajstić information content (AvgIpc) is 3.28. The summed E-state index contributed by atoms with van der Waals surface area (Å²) < 4.78 is 6.13. The maximum Gasteiger partial charge on any atom is 0.253 e. The minimum absolute atomic E-state index is 0.138. The summed E-state index contributed by atoms with van der Waals surface area (Å²) in [6.07, 6.45) is 3.53. The lowest BCUT2D eigenvalue weighted by Gasteiger charge is -2.20. The van der Waals surface area contributed by atoms with E-state index in [1.807, 2.05) is 48.5 Å². The first kappa shape index (κ1) is 21.4. The smallest absolute Gasteiger partial charge is 0.253 e. The number of hydrogen-bond donors (Lipinski definition) is 3. The molecule has 2 aromatic carbocycles. The lowest BCUT2D eigenvalue weighted by atomic mass is 10.1. The van der Waals surface area contributed by atoms with E-state index in [4.69, 9.17) is 10.5 Å². The molecule has 4 N–H and O–H groups in total. The monoisotopic (exact) mass is 418 g/mol. The zero-order chi connectivity index (χ0) is 21.5. The lowest BCUT2D eigenvalue weighted by molar-refractivity contribution is -0.128. The average molecular weight is 419 g/mol. The fraction of sp³-hybridized carbons (Fsp3) is 0.360. The number of aryl methyl sites for hydroxylation is 1. The highest BCUT2D eigenvalue weighted by Crippen LogP contribution is 2.18. The Morgan fingerprint density at radius 2 is 2.00 bits per heavy atom. The fourth-order valence-corrected chi connectivity index (χ4v) is 4.04. The van der Waals surface area contributed by atoms with Gasteiger partial charge in [-0.2, -0.15) is 0 Å². The van der Waals surface area contributed by atoms with E-state index >= 15 is 0 Å². The van der Waals surface area contributed by atoms with Gasteiger partial charge in [-0.3, -0.25) is 9.78 Å². The Labute approximate surface area is 183 Å². The molecule has 2 heterocycles. The van der Waals surface area contributed by atoms with Crippen LogP contribution < -0.4 is 16.4 Å². The number of amides is 1. The predicted octanol–water partition coefficient (Wildman–Crippen LogP) is 3.13. The summed E-state index contributed by atoms with van der Waals surface area (Å²) in [5.41, 5.74) is 8.56. The molecule has 1 unspecified atom stereocenters. The van der Waals surface area contributed by atoms with E-state index in [1.165, 1.54) is 5.56 Å². The number of pyridine rings is 1. The SMILES string of the molecule is NC[C@@H]1CN[C@@H](COC(CCc2ccccc2)C(=O)Nc2cnc3ccccc3c2)C1. The van der Waals surface area contributed by atoms with Crippen LogP contribution in [0, 0.1) is 5.92 Å². The van der Waals surface area contributed by atoms with Crippen molar-refractivity contribution in [1.82, 2.24) is 10.3 Å². The molecule has 0 spiro atoms. The minimum atomic E-state index is -0.537. The lowest BCUT2D eigenvalue weighted by Crippen LogP contribution is -2.36. The number of fused-ring (bicyclic) bond motifs is 1. The van der Waals surface area contributed by atoms with Gasteiger partial charge in [-0.25, -0.2) is 0 Å². The molecule has 4 rings (SSSR count). The normalized spacial score (nSPS) is 19.4. The van der Waals surface area contributed by atoms with Gasteiger partial charge < -0.3 is 21.1 Å². The highest BCUT2D eigenvalue weighted by Gasteiger charge is 2.26. The molecule has 6 heteroatoms. The number of carbonyl (C=O) groups excluding carboxylic acids is 1. The van der Waals surface area contributed by atoms with Gasteiger partial charge >= 0.3 is 0 Å². The number of rotatable bonds is 9. The van der Waals surface area contributed by atoms with Crippen LogP contribution in [0.2, 0.25) is 0 Å². The first-order chi connectivity index (χ1) is 15.2. The molecule has 3 aromatic rings. The van der Waals surface area contributed by atoms with Gasteiger partial charge in [-0.1, -0.05) is 48.5 Å². The van der Waals surface area contributed by atoms with E-state index in [9.17, 15) is 4.79 Å². The molecule has 1 fully saturated rings. The third-order valence-electron chi connectivity index (χ3n) is 5.83. The van der Waals surface area contributed by atoms with Crippen LogP contribution in [-0.2, 0) is 16.0 Å². The minimum Gasteiger partial charge on any atom is -0.367 e. The van der Waals surface area contributed by atoms with E-state index < -0.39 is 6.10 Å². The van der Waals surface area contributed by atoms with Gasteiger partial charge in [-0.15, -0.1) is 0 Å². The second-order valence-electron chi connectivity index (χ2n) is 8.19. The molecule has 1 amide bonds. The van der Waals surface area contributed by atoms with Crippen molar-refractivity contribution >= 4 is 22.5 Å². The van der Waals surface area contributed by atoms with Crippen molar-refractivity contribution in [3.63, 3.8) is 0 Å². The third-order valence-corrected chi connectivity index (χ3v) is 5.83. The molecule has 3 atom stereocenters. The molecule has 0 radical (unpaired) electrons. The Hall–Kier alpha value is -2.80. The van der Waals surface area contributed by atoms with Gasteiger partial charge in [0.15, 0.2) is 0 Å². The second-order valence-corrected chi connectivity index (χ2v) is 8.19. The van der Waals surface area contributed by atoms with Crippen molar-refractivity contribution in [3.8, 4) is 0 Å². The number of aromatic nitrogens is 1. The zero-order valence-electron chi connectivity index (χ0n) is 17.7. The number of hydrogen-bond acceptors (Lipinski definition) is 5. The second kappa shape index (κ2) is 10.5. The topological polar surface area (TPSA) is 89.3 Å². The number of carbonyl (C=O) groups is 1. The molecule has 1 saturated heterocycles. The summed E-state index contributed by atoms with van der Waals surface area (Å²) in [6.45, 7) is 2.09. The number of benzene rings is 2. The van der Waals surface area contributed by atoms with Crippen LogP contribution in [0.1, 0.15) is 18.4 Å². The molecule has 1 aromatic heterocycles. The Kier molecular flexibility index (Phi) is 7.25. The first-order valence-electron chi connectivity index (χ1n) is 11.0. The molecule has 6 nitrogen and oxygen atoms in total. The van der Waals surface area contributed by atoms with Crippen LogP contribution in [-0.4, -0.2) is 42.7 Å². The van der Waals surface area contributed by atoms with Crippen molar-refractivity contribution in [3.05, 3.63) is 72.4 Å². The molecule has 31 heavy (non-hydrogen) atoms. The molecule has 162 valence electrons. The summed E-state index contributed by atoms with van der Waals surface area (Å²) >= 11 is 0. The highest BCUT2D eigenvalue weighted by molar-refractivity contribution is 5.95. The number of para-hydroxylation sites is 1. The number of nitrogens with zero attached hydrogens (tertiary/aromatic N) is 1. The van der Waals surface area contributed by atoms with Gasteiger partial charge in [0, 0.05) is 11.4 Å². The Bertz CT molecular complexity index is 995. The maximum atomic E-state index is 13.1. The number of nitrogens with two attached hydrogens (primary N) is 1. The quantitative estimate of drug-likeness (QED) is 0.497.